The summed E-state index contributed by atoms with van der Waals surface area (Å²) in [6, 6.07) is 4.55. The van der Waals surface area contributed by atoms with Crippen molar-refractivity contribution in [2.45, 2.75) is 56.8 Å². The van der Waals surface area contributed by atoms with Crippen molar-refractivity contribution in [3.63, 3.8) is 0 Å². The van der Waals surface area contributed by atoms with E-state index in [2.05, 4.69) is 26.7 Å². The van der Waals surface area contributed by atoms with Crippen molar-refractivity contribution in [2.75, 3.05) is 51.3 Å². The largest absolute Gasteiger partial charge is 0.508 e. The number of rotatable bonds is 7. The first-order valence-electron chi connectivity index (χ1n) is 15.7. The Labute approximate surface area is 262 Å². The Kier molecular flexibility index (Phi) is 7.87. The van der Waals surface area contributed by atoms with E-state index in [0.29, 0.717) is 38.4 Å². The molecule has 3 fully saturated rings. The van der Waals surface area contributed by atoms with Crippen LogP contribution in [0.3, 0.4) is 0 Å². The van der Waals surface area contributed by atoms with Crippen LogP contribution in [-0.2, 0) is 0 Å². The summed E-state index contributed by atoms with van der Waals surface area (Å²) < 4.78 is 80.7. The number of alkyl halides is 3. The molecule has 13 heteroatoms. The van der Waals surface area contributed by atoms with Gasteiger partial charge in [0.25, 0.3) is 6.43 Å². The average Bonchev–Trinajstić information content (AvgIpc) is 3.56. The minimum atomic E-state index is -3.14. The molecule has 5 heterocycles. The molecule has 1 unspecified atom stereocenters. The van der Waals surface area contributed by atoms with E-state index in [0.717, 1.165) is 37.9 Å². The van der Waals surface area contributed by atoms with Gasteiger partial charge in [0.05, 0.1) is 27.7 Å². The molecule has 8 nitrogen and oxygen atoms in total. The van der Waals surface area contributed by atoms with Crippen molar-refractivity contribution >= 4 is 27.5 Å². The Morgan fingerprint density at radius 1 is 1.11 bits per heavy atom. The molecule has 2 aromatic heterocycles. The second-order valence-electron chi connectivity index (χ2n) is 12.7. The number of aromatic hydroxyl groups is 1. The number of pyridine rings is 1. The number of benzene rings is 2. The predicted octanol–water partition coefficient (Wildman–Crippen LogP) is 6.25. The van der Waals surface area contributed by atoms with E-state index in [4.69, 9.17) is 9.72 Å². The molecule has 1 N–H and O–H groups in total. The lowest BCUT2D eigenvalue weighted by Crippen LogP contribution is -2.51. The van der Waals surface area contributed by atoms with E-state index < -0.39 is 35.3 Å². The first-order valence-corrected chi connectivity index (χ1v) is 15.7. The quantitative estimate of drug-likeness (QED) is 0.237. The summed E-state index contributed by atoms with van der Waals surface area (Å²) in [6.07, 6.45) is 0.0659. The van der Waals surface area contributed by atoms with Crippen molar-refractivity contribution in [3.8, 4) is 23.0 Å². The smallest absolute Gasteiger partial charge is 0.319 e. The third-order valence-electron chi connectivity index (χ3n) is 9.98. The number of fused-ring (bicyclic) bond motifs is 3. The van der Waals surface area contributed by atoms with Gasteiger partial charge in [-0.1, -0.05) is 13.0 Å². The molecular formula is C33H35F5N6O2. The topological polar surface area (TPSA) is 77.8 Å². The molecule has 46 heavy (non-hydrogen) atoms. The SMILES string of the molecule is CCC1CN(c2nc(OC[C@@]34CCCN3C[C@H](F)C4)nc3c(C(F)F)c(-c4cc(O)cc5ccc(F)c(F)c45)ncc23)CCN1C. The molecule has 3 saturated heterocycles. The maximum Gasteiger partial charge on any atom is 0.319 e. The number of phenolic OH excluding ortho intramolecular Hbond substituents is 1. The molecule has 0 radical (unpaired) electrons. The van der Waals surface area contributed by atoms with E-state index in [1.807, 2.05) is 11.9 Å². The monoisotopic (exact) mass is 642 g/mol. The fraction of sp³-hybridized carbons (Fsp3) is 0.485. The molecule has 4 aromatic rings. The van der Waals surface area contributed by atoms with Crippen molar-refractivity contribution in [2.24, 2.45) is 0 Å². The maximum atomic E-state index is 15.2. The number of phenols is 1. The summed E-state index contributed by atoms with van der Waals surface area (Å²) in [5.74, 6) is -2.36. The van der Waals surface area contributed by atoms with Crippen LogP contribution in [0.5, 0.6) is 11.8 Å². The first-order chi connectivity index (χ1) is 22.1. The lowest BCUT2D eigenvalue weighted by Gasteiger charge is -2.40. The van der Waals surface area contributed by atoms with Gasteiger partial charge in [0.1, 0.15) is 24.3 Å². The fourth-order valence-corrected chi connectivity index (χ4v) is 7.59. The second-order valence-corrected chi connectivity index (χ2v) is 12.7. The Morgan fingerprint density at radius 2 is 1.93 bits per heavy atom. The Morgan fingerprint density at radius 3 is 2.72 bits per heavy atom. The third-order valence-corrected chi connectivity index (χ3v) is 9.98. The molecule has 0 spiro atoms. The van der Waals surface area contributed by atoms with E-state index in [-0.39, 0.29) is 57.3 Å². The molecule has 0 bridgehead atoms. The summed E-state index contributed by atoms with van der Waals surface area (Å²) in [5.41, 5.74) is -1.82. The summed E-state index contributed by atoms with van der Waals surface area (Å²) in [7, 11) is 2.04. The number of hydrogen-bond acceptors (Lipinski definition) is 8. The van der Waals surface area contributed by atoms with E-state index in [1.165, 1.54) is 18.3 Å². The van der Waals surface area contributed by atoms with Crippen LogP contribution in [0.2, 0.25) is 0 Å². The van der Waals surface area contributed by atoms with Gasteiger partial charge in [-0.2, -0.15) is 9.97 Å². The van der Waals surface area contributed by atoms with Crippen LogP contribution in [0.15, 0.2) is 30.5 Å². The van der Waals surface area contributed by atoms with Crippen molar-refractivity contribution in [1.29, 1.82) is 0 Å². The van der Waals surface area contributed by atoms with Crippen LogP contribution >= 0.6 is 0 Å². The molecule has 3 aliphatic heterocycles. The van der Waals surface area contributed by atoms with Gasteiger partial charge >= 0.3 is 6.01 Å². The zero-order chi connectivity index (χ0) is 32.3. The van der Waals surface area contributed by atoms with Crippen LogP contribution in [0.25, 0.3) is 32.9 Å². The number of aromatic nitrogens is 3. The lowest BCUT2D eigenvalue weighted by molar-refractivity contribution is 0.107. The van der Waals surface area contributed by atoms with Gasteiger partial charge in [-0.15, -0.1) is 0 Å². The van der Waals surface area contributed by atoms with Crippen LogP contribution in [-0.4, -0.2) is 94.0 Å². The van der Waals surface area contributed by atoms with E-state index >= 15 is 13.2 Å². The zero-order valence-electron chi connectivity index (χ0n) is 25.6. The first kappa shape index (κ1) is 30.8. The minimum absolute atomic E-state index is 0.0995. The molecule has 7 rings (SSSR count). The number of hydrogen-bond donors (Lipinski definition) is 1. The number of nitrogens with zero attached hydrogens (tertiary/aromatic N) is 6. The molecular weight excluding hydrogens is 607 g/mol. The van der Waals surface area contributed by atoms with Crippen molar-refractivity contribution in [3.05, 3.63) is 47.7 Å². The van der Waals surface area contributed by atoms with Crippen LogP contribution < -0.4 is 9.64 Å². The van der Waals surface area contributed by atoms with Gasteiger partial charge in [-0.25, -0.2) is 22.0 Å². The van der Waals surface area contributed by atoms with Crippen LogP contribution in [0, 0.1) is 11.6 Å². The number of halogens is 5. The van der Waals surface area contributed by atoms with Gasteiger partial charge in [0.15, 0.2) is 11.6 Å². The van der Waals surface area contributed by atoms with Gasteiger partial charge in [-0.3, -0.25) is 14.8 Å². The number of anilines is 1. The maximum absolute atomic E-state index is 15.2. The standard InChI is InChI=1S/C33H35F5N6O2/c1-3-20-16-43(10-9-42(20)2)31-23-14-39-28(22-12-21(45)11-18-5-6-24(35)27(36)25(18)22)26(30(37)38)29(23)40-32(41-31)46-17-33-7-4-8-44(33)15-19(34)13-33/h5-6,11-12,14,19-20,30,45H,3-4,7-10,13,15-17H2,1-2H3/t19-,20?,33+/m1/s1. The molecule has 0 saturated carbocycles. The second kappa shape index (κ2) is 11.8. The average molecular weight is 643 g/mol. The molecule has 0 amide bonds. The molecule has 2 aromatic carbocycles. The van der Waals surface area contributed by atoms with Crippen LogP contribution in [0.1, 0.15) is 44.6 Å². The number of ether oxygens (including phenoxy) is 1. The van der Waals surface area contributed by atoms with Gasteiger partial charge in [-0.05, 0) is 56.4 Å². The third kappa shape index (κ3) is 5.17. The molecule has 244 valence electrons. The van der Waals surface area contributed by atoms with E-state index in [1.54, 1.807) is 0 Å². The molecule has 3 aliphatic rings. The summed E-state index contributed by atoms with van der Waals surface area (Å²) >= 11 is 0. The van der Waals surface area contributed by atoms with Gasteiger partial charge in [0.2, 0.25) is 0 Å². The van der Waals surface area contributed by atoms with Crippen molar-refractivity contribution in [1.82, 2.24) is 24.8 Å². The fourth-order valence-electron chi connectivity index (χ4n) is 7.59. The Balaban J connectivity index is 1.41. The van der Waals surface area contributed by atoms with Crippen LogP contribution in [0.4, 0.5) is 27.8 Å². The van der Waals surface area contributed by atoms with E-state index in [9.17, 15) is 13.9 Å². The van der Waals surface area contributed by atoms with Gasteiger partial charge in [0, 0.05) is 55.8 Å². The highest BCUT2D eigenvalue weighted by atomic mass is 19.3. The van der Waals surface area contributed by atoms with Gasteiger partial charge < -0.3 is 14.7 Å². The summed E-state index contributed by atoms with van der Waals surface area (Å²) in [4.78, 5) is 19.9. The molecule has 3 atom stereocenters. The minimum Gasteiger partial charge on any atom is -0.508 e. The summed E-state index contributed by atoms with van der Waals surface area (Å²) in [6.45, 7) is 5.11. The zero-order valence-corrected chi connectivity index (χ0v) is 25.6. The normalized spacial score (nSPS) is 24.0. The highest BCUT2D eigenvalue weighted by Gasteiger charge is 2.49. The number of likely N-dealkylation sites (N-methyl/N-ethyl adjacent to an activating group) is 1. The highest BCUT2D eigenvalue weighted by Crippen LogP contribution is 2.43. The van der Waals surface area contributed by atoms with Crippen molar-refractivity contribution < 1.29 is 31.8 Å². The summed E-state index contributed by atoms with van der Waals surface area (Å²) in [5, 5.41) is 10.5. The Bertz CT molecular complexity index is 1810. The predicted molar refractivity (Wildman–Crippen MR) is 164 cm³/mol. The lowest BCUT2D eigenvalue weighted by atomic mass is 9.95. The number of piperazine rings is 1. The Hall–Kier alpha value is -3.84. The molecule has 0 aliphatic carbocycles. The highest BCUT2D eigenvalue weighted by molar-refractivity contribution is 6.02.